The molecule has 1 aliphatic rings. The Labute approximate surface area is 179 Å². The summed E-state index contributed by atoms with van der Waals surface area (Å²) in [5.74, 6) is 6.66. The summed E-state index contributed by atoms with van der Waals surface area (Å²) >= 11 is 0. The summed E-state index contributed by atoms with van der Waals surface area (Å²) in [5.41, 5.74) is 3.91. The number of aryl methyl sites for hydroxylation is 2. The highest BCUT2D eigenvalue weighted by molar-refractivity contribution is 6.38. The number of imidazole rings is 1. The van der Waals surface area contributed by atoms with E-state index in [2.05, 4.69) is 25.4 Å². The lowest BCUT2D eigenvalue weighted by molar-refractivity contribution is -0.117. The van der Waals surface area contributed by atoms with E-state index in [4.69, 9.17) is 10.6 Å². The van der Waals surface area contributed by atoms with E-state index >= 15 is 0 Å². The molecule has 158 valence electrons. The minimum Gasteiger partial charge on any atom is -0.495 e. The maximum atomic E-state index is 12.6. The highest BCUT2D eigenvalue weighted by Crippen LogP contribution is 2.25. The number of hydrogen-bond acceptors (Lipinski definition) is 7. The van der Waals surface area contributed by atoms with Gasteiger partial charge in [-0.2, -0.15) is 5.10 Å². The number of methoxy groups -OCH3 is 1. The van der Waals surface area contributed by atoms with Gasteiger partial charge in [0.1, 0.15) is 23.3 Å². The molecule has 1 aromatic carbocycles. The fourth-order valence-corrected chi connectivity index (χ4v) is 3.46. The number of amides is 1. The molecule has 31 heavy (non-hydrogen) atoms. The number of anilines is 1. The number of nitrogens with two attached hydrogens (primary N) is 1. The number of ether oxygens (including phenoxy) is 1. The average Bonchev–Trinajstić information content (AvgIpc) is 3.15. The molecular formula is C22H23N7O2. The monoisotopic (exact) mass is 417 g/mol. The molecule has 2 aromatic heterocycles. The van der Waals surface area contributed by atoms with E-state index in [9.17, 15) is 4.79 Å². The van der Waals surface area contributed by atoms with Gasteiger partial charge >= 0.3 is 0 Å². The fourth-order valence-electron chi connectivity index (χ4n) is 3.46. The van der Waals surface area contributed by atoms with Crippen LogP contribution in [0.5, 0.6) is 5.75 Å². The van der Waals surface area contributed by atoms with Gasteiger partial charge in [0.2, 0.25) is 5.91 Å². The van der Waals surface area contributed by atoms with Crippen molar-refractivity contribution in [3.63, 3.8) is 0 Å². The number of aliphatic imine (C=N–C) groups is 1. The van der Waals surface area contributed by atoms with Crippen molar-refractivity contribution in [1.82, 2.24) is 14.5 Å². The largest absolute Gasteiger partial charge is 0.495 e. The molecule has 1 aliphatic heterocycles. The Hall–Kier alpha value is -4.01. The van der Waals surface area contributed by atoms with Crippen molar-refractivity contribution in [2.45, 2.75) is 25.8 Å². The fraction of sp³-hybridized carbons (Fsp3) is 0.227. The molecule has 0 saturated heterocycles. The molecular weight excluding hydrogens is 394 g/mol. The molecule has 1 amide bonds. The predicted molar refractivity (Wildman–Crippen MR) is 119 cm³/mol. The standard InChI is InChI=1S/C22H23N7O2/c1-14-12-29(13-26-14)19-8-6-16(10-20(19)31-2)18(28-23)11-25-17-7-5-15-4-3-9-24-21(15)27-22(17)30/h3-4,6,8-13,17H,5,7,23H2,1-2H3,(H,24,27,30)/b25-11?,28-18+. The first-order chi connectivity index (χ1) is 15.1. The van der Waals surface area contributed by atoms with Crippen LogP contribution in [0.15, 0.2) is 59.1 Å². The van der Waals surface area contributed by atoms with E-state index in [1.807, 2.05) is 48.0 Å². The molecule has 0 fully saturated rings. The van der Waals surface area contributed by atoms with Crippen molar-refractivity contribution in [1.29, 1.82) is 0 Å². The Morgan fingerprint density at radius 2 is 2.23 bits per heavy atom. The van der Waals surface area contributed by atoms with Gasteiger partial charge in [0.05, 0.1) is 31.0 Å². The highest BCUT2D eigenvalue weighted by atomic mass is 16.5. The maximum Gasteiger partial charge on any atom is 0.250 e. The molecule has 0 aliphatic carbocycles. The van der Waals surface area contributed by atoms with Crippen molar-refractivity contribution < 1.29 is 9.53 Å². The van der Waals surface area contributed by atoms with E-state index in [1.165, 1.54) is 6.21 Å². The first-order valence-electron chi connectivity index (χ1n) is 9.84. The molecule has 0 saturated carbocycles. The van der Waals surface area contributed by atoms with Crippen LogP contribution in [-0.4, -0.2) is 45.5 Å². The second-order valence-corrected chi connectivity index (χ2v) is 7.16. The Bertz CT molecular complexity index is 1170. The zero-order valence-electron chi connectivity index (χ0n) is 17.3. The molecule has 3 N–H and O–H groups in total. The Balaban J connectivity index is 1.55. The maximum absolute atomic E-state index is 12.6. The lowest BCUT2D eigenvalue weighted by Crippen LogP contribution is -2.26. The molecule has 9 heteroatoms. The second-order valence-electron chi connectivity index (χ2n) is 7.16. The van der Waals surface area contributed by atoms with Gasteiger partial charge < -0.3 is 20.5 Å². The van der Waals surface area contributed by atoms with Crippen LogP contribution in [0.25, 0.3) is 5.69 Å². The topological polar surface area (TPSA) is 120 Å². The highest BCUT2D eigenvalue weighted by Gasteiger charge is 2.23. The molecule has 1 unspecified atom stereocenters. The van der Waals surface area contributed by atoms with E-state index in [0.29, 0.717) is 30.1 Å². The van der Waals surface area contributed by atoms with Gasteiger partial charge in [-0.3, -0.25) is 9.79 Å². The van der Waals surface area contributed by atoms with Gasteiger partial charge in [0.25, 0.3) is 0 Å². The third-order valence-corrected chi connectivity index (χ3v) is 5.10. The average molecular weight is 417 g/mol. The molecule has 4 rings (SSSR count). The van der Waals surface area contributed by atoms with E-state index < -0.39 is 6.04 Å². The third-order valence-electron chi connectivity index (χ3n) is 5.10. The number of hydrogen-bond donors (Lipinski definition) is 2. The molecule has 3 aromatic rings. The van der Waals surface area contributed by atoms with Crippen LogP contribution in [0.2, 0.25) is 0 Å². The molecule has 0 spiro atoms. The number of fused-ring (bicyclic) bond motifs is 1. The molecule has 0 bridgehead atoms. The summed E-state index contributed by atoms with van der Waals surface area (Å²) in [5, 5.41) is 6.70. The predicted octanol–water partition coefficient (Wildman–Crippen LogP) is 2.27. The lowest BCUT2D eigenvalue weighted by atomic mass is 10.1. The number of hydrazone groups is 1. The normalized spacial score (nSPS) is 16.6. The molecule has 0 radical (unpaired) electrons. The zero-order chi connectivity index (χ0) is 21.8. The van der Waals surface area contributed by atoms with Crippen LogP contribution < -0.4 is 15.9 Å². The number of carbonyl (C=O) groups is 1. The number of nitrogens with one attached hydrogen (secondary N) is 1. The van der Waals surface area contributed by atoms with Crippen LogP contribution in [0, 0.1) is 6.92 Å². The summed E-state index contributed by atoms with van der Waals surface area (Å²) < 4.78 is 7.43. The van der Waals surface area contributed by atoms with Crippen LogP contribution >= 0.6 is 0 Å². The van der Waals surface area contributed by atoms with Gasteiger partial charge in [-0.25, -0.2) is 9.97 Å². The SMILES string of the molecule is COc1cc(/C(C=NC2CCc3cccnc3NC2=O)=N/N)ccc1-n1cnc(C)c1. The van der Waals surface area contributed by atoms with Gasteiger partial charge in [-0.1, -0.05) is 12.1 Å². The van der Waals surface area contributed by atoms with Gasteiger partial charge in [-0.15, -0.1) is 0 Å². The Morgan fingerprint density at radius 1 is 1.35 bits per heavy atom. The van der Waals surface area contributed by atoms with Crippen molar-refractivity contribution in [3.05, 3.63) is 65.9 Å². The van der Waals surface area contributed by atoms with Crippen LogP contribution in [0.3, 0.4) is 0 Å². The second kappa shape index (κ2) is 8.78. The van der Waals surface area contributed by atoms with Crippen molar-refractivity contribution >= 4 is 23.7 Å². The first-order valence-corrected chi connectivity index (χ1v) is 9.84. The third kappa shape index (κ3) is 4.30. The summed E-state index contributed by atoms with van der Waals surface area (Å²) in [4.78, 5) is 25.5. The quantitative estimate of drug-likeness (QED) is 0.375. The minimum absolute atomic E-state index is 0.200. The zero-order valence-corrected chi connectivity index (χ0v) is 17.3. The Kier molecular flexibility index (Phi) is 5.74. The smallest absolute Gasteiger partial charge is 0.250 e. The summed E-state index contributed by atoms with van der Waals surface area (Å²) in [7, 11) is 1.60. The van der Waals surface area contributed by atoms with Crippen LogP contribution in [0.1, 0.15) is 23.2 Å². The number of rotatable bonds is 5. The Morgan fingerprint density at radius 3 is 2.97 bits per heavy atom. The number of nitrogens with zero attached hydrogens (tertiary/aromatic N) is 5. The summed E-state index contributed by atoms with van der Waals surface area (Å²) in [6, 6.07) is 8.86. The van der Waals surface area contributed by atoms with Gasteiger partial charge in [0.15, 0.2) is 0 Å². The lowest BCUT2D eigenvalue weighted by Gasteiger charge is -2.11. The van der Waals surface area contributed by atoms with E-state index in [1.54, 1.807) is 19.6 Å². The molecule has 3 heterocycles. The van der Waals surface area contributed by atoms with Crippen molar-refractivity contribution in [2.75, 3.05) is 12.4 Å². The van der Waals surface area contributed by atoms with E-state index in [-0.39, 0.29) is 5.91 Å². The van der Waals surface area contributed by atoms with E-state index in [0.717, 1.165) is 22.5 Å². The number of carbonyl (C=O) groups excluding carboxylic acids is 1. The van der Waals surface area contributed by atoms with Crippen molar-refractivity contribution in [2.24, 2.45) is 15.9 Å². The number of pyridine rings is 1. The molecule has 1 atom stereocenters. The first kappa shape index (κ1) is 20.3. The van der Waals surface area contributed by atoms with Crippen LogP contribution in [-0.2, 0) is 11.2 Å². The van der Waals surface area contributed by atoms with Crippen LogP contribution in [0.4, 0.5) is 5.82 Å². The number of benzene rings is 1. The van der Waals surface area contributed by atoms with Gasteiger partial charge in [-0.05, 0) is 43.5 Å². The van der Waals surface area contributed by atoms with Gasteiger partial charge in [0, 0.05) is 18.0 Å². The minimum atomic E-state index is -0.555. The number of aromatic nitrogens is 3. The summed E-state index contributed by atoms with van der Waals surface area (Å²) in [6.07, 6.45) is 8.10. The van der Waals surface area contributed by atoms with Crippen molar-refractivity contribution in [3.8, 4) is 11.4 Å². The molecule has 9 nitrogen and oxygen atoms in total. The summed E-state index contributed by atoms with van der Waals surface area (Å²) in [6.45, 7) is 1.92.